The van der Waals surface area contributed by atoms with Gasteiger partial charge >= 0.3 is 0 Å². The zero-order valence-electron chi connectivity index (χ0n) is 17.8. The van der Waals surface area contributed by atoms with Gasteiger partial charge in [0.25, 0.3) is 11.8 Å². The highest BCUT2D eigenvalue weighted by Gasteiger charge is 2.32. The van der Waals surface area contributed by atoms with Gasteiger partial charge in [0.2, 0.25) is 0 Å². The summed E-state index contributed by atoms with van der Waals surface area (Å²) in [4.78, 5) is 32.3. The van der Waals surface area contributed by atoms with Crippen molar-refractivity contribution < 1.29 is 14.0 Å². The van der Waals surface area contributed by atoms with Gasteiger partial charge in [-0.2, -0.15) is 9.78 Å². The summed E-state index contributed by atoms with van der Waals surface area (Å²) >= 11 is 0. The van der Waals surface area contributed by atoms with E-state index in [4.69, 9.17) is 4.99 Å². The van der Waals surface area contributed by atoms with Crippen LogP contribution in [0.1, 0.15) is 40.1 Å². The fraction of sp³-hybridized carbons (Fsp3) is 0.280. The monoisotopic (exact) mass is 430 g/mol. The molecule has 1 saturated heterocycles. The van der Waals surface area contributed by atoms with E-state index in [0.29, 0.717) is 30.2 Å². The molecule has 3 aromatic rings. The Labute approximate surface area is 185 Å². The maximum atomic E-state index is 13.4. The van der Waals surface area contributed by atoms with Crippen molar-refractivity contribution in [3.8, 4) is 11.1 Å². The average molecular weight is 430 g/mol. The number of likely N-dealkylation sites (tertiary alicyclic amines) is 1. The van der Waals surface area contributed by atoms with Crippen molar-refractivity contribution in [3.63, 3.8) is 0 Å². The molecule has 3 heterocycles. The summed E-state index contributed by atoms with van der Waals surface area (Å²) in [7, 11) is 0. The number of halogens is 1. The Morgan fingerprint density at radius 1 is 1.03 bits per heavy atom. The maximum Gasteiger partial charge on any atom is 0.254 e. The fourth-order valence-corrected chi connectivity index (χ4v) is 4.57. The summed E-state index contributed by atoms with van der Waals surface area (Å²) in [5.41, 5.74) is 3.77. The lowest BCUT2D eigenvalue weighted by Crippen LogP contribution is -2.41. The minimum atomic E-state index is -0.315. The quantitative estimate of drug-likeness (QED) is 0.607. The number of benzene rings is 2. The molecule has 1 amide bonds. The summed E-state index contributed by atoms with van der Waals surface area (Å²) in [5, 5.41) is 4.39. The van der Waals surface area contributed by atoms with Gasteiger partial charge in [0.05, 0.1) is 12.1 Å². The van der Waals surface area contributed by atoms with Gasteiger partial charge in [-0.3, -0.25) is 9.59 Å². The Morgan fingerprint density at radius 3 is 2.41 bits per heavy atom. The number of aryl methyl sites for hydroxylation is 1. The van der Waals surface area contributed by atoms with Crippen molar-refractivity contribution in [2.45, 2.75) is 26.2 Å². The topological polar surface area (TPSA) is 67.6 Å². The summed E-state index contributed by atoms with van der Waals surface area (Å²) in [6.07, 6.45) is 1.77. The summed E-state index contributed by atoms with van der Waals surface area (Å²) < 4.78 is 14.8. The second kappa shape index (κ2) is 8.15. The van der Waals surface area contributed by atoms with Gasteiger partial charge in [0.1, 0.15) is 5.82 Å². The van der Waals surface area contributed by atoms with E-state index in [2.05, 4.69) is 5.10 Å². The minimum absolute atomic E-state index is 0.0398. The Morgan fingerprint density at radius 2 is 1.72 bits per heavy atom. The molecule has 2 aromatic carbocycles. The molecule has 0 spiro atoms. The fourth-order valence-electron chi connectivity index (χ4n) is 4.57. The number of fused-ring (bicyclic) bond motifs is 1. The molecule has 0 N–H and O–H groups in total. The van der Waals surface area contributed by atoms with Gasteiger partial charge in [-0.25, -0.2) is 9.38 Å². The molecule has 0 atom stereocenters. The number of amides is 1. The zero-order valence-corrected chi connectivity index (χ0v) is 17.8. The van der Waals surface area contributed by atoms with E-state index in [1.54, 1.807) is 12.1 Å². The lowest BCUT2D eigenvalue weighted by molar-refractivity contribution is 0.0707. The zero-order chi connectivity index (χ0) is 22.2. The maximum absolute atomic E-state index is 13.4. The van der Waals surface area contributed by atoms with E-state index >= 15 is 0 Å². The molecule has 1 aromatic heterocycles. The van der Waals surface area contributed by atoms with Crippen LogP contribution in [0.15, 0.2) is 59.6 Å². The van der Waals surface area contributed by atoms with E-state index in [1.807, 2.05) is 42.2 Å². The van der Waals surface area contributed by atoms with Crippen LogP contribution in [0.2, 0.25) is 0 Å². The van der Waals surface area contributed by atoms with E-state index in [9.17, 15) is 14.0 Å². The van der Waals surface area contributed by atoms with Crippen LogP contribution < -0.4 is 0 Å². The van der Waals surface area contributed by atoms with E-state index < -0.39 is 0 Å². The van der Waals surface area contributed by atoms with Crippen molar-refractivity contribution in [2.24, 2.45) is 10.9 Å². The van der Waals surface area contributed by atoms with Crippen LogP contribution in [0.5, 0.6) is 0 Å². The molecular weight excluding hydrogens is 407 g/mol. The molecule has 32 heavy (non-hydrogen) atoms. The molecular formula is C25H23FN4O2. The first-order valence-corrected chi connectivity index (χ1v) is 10.8. The highest BCUT2D eigenvalue weighted by Crippen LogP contribution is 2.37. The molecule has 0 saturated carbocycles. The number of aromatic nitrogens is 2. The van der Waals surface area contributed by atoms with Crippen LogP contribution in [0.3, 0.4) is 0 Å². The molecule has 0 radical (unpaired) electrons. The predicted molar refractivity (Wildman–Crippen MR) is 120 cm³/mol. The predicted octanol–water partition coefficient (Wildman–Crippen LogP) is 4.67. The van der Waals surface area contributed by atoms with Gasteiger partial charge in [0, 0.05) is 35.8 Å². The molecule has 0 unspecified atom stereocenters. The largest absolute Gasteiger partial charge is 0.339 e. The minimum Gasteiger partial charge on any atom is -0.339 e. The number of carbonyl (C=O) groups excluding carboxylic acids is 2. The molecule has 0 bridgehead atoms. The van der Waals surface area contributed by atoms with Crippen LogP contribution in [0.25, 0.3) is 11.1 Å². The first-order valence-electron chi connectivity index (χ1n) is 10.8. The molecule has 1 fully saturated rings. The number of nitrogens with zero attached hydrogens (tertiary/aromatic N) is 4. The van der Waals surface area contributed by atoms with Gasteiger partial charge in [0.15, 0.2) is 5.82 Å². The summed E-state index contributed by atoms with van der Waals surface area (Å²) in [5.74, 6) is 0.277. The summed E-state index contributed by atoms with van der Waals surface area (Å²) in [6.45, 7) is 3.10. The average Bonchev–Trinajstić information content (AvgIpc) is 3.16. The van der Waals surface area contributed by atoms with Gasteiger partial charge in [-0.05, 0) is 49.6 Å². The first kappa shape index (κ1) is 20.3. The second-order valence-electron chi connectivity index (χ2n) is 8.31. The second-order valence-corrected chi connectivity index (χ2v) is 8.31. The molecule has 2 aliphatic rings. The van der Waals surface area contributed by atoms with Gasteiger partial charge in [-0.1, -0.05) is 30.3 Å². The molecule has 7 heteroatoms. The van der Waals surface area contributed by atoms with Crippen LogP contribution in [-0.4, -0.2) is 45.3 Å². The Hall–Kier alpha value is -3.61. The number of hydrogen-bond acceptors (Lipinski definition) is 4. The number of piperidine rings is 1. The van der Waals surface area contributed by atoms with Crippen molar-refractivity contribution >= 4 is 23.3 Å². The Balaban J connectivity index is 1.38. The Bertz CT molecular complexity index is 1210. The van der Waals surface area contributed by atoms with Gasteiger partial charge in [-0.15, -0.1) is 0 Å². The molecule has 5 rings (SSSR count). The van der Waals surface area contributed by atoms with E-state index in [0.717, 1.165) is 29.7 Å². The molecule has 162 valence electrons. The van der Waals surface area contributed by atoms with Crippen molar-refractivity contribution in [1.29, 1.82) is 0 Å². The third-order valence-electron chi connectivity index (χ3n) is 6.26. The highest BCUT2D eigenvalue weighted by molar-refractivity contribution is 6.08. The molecule has 0 aliphatic carbocycles. The normalized spacial score (nSPS) is 16.6. The molecule has 2 aliphatic heterocycles. The summed E-state index contributed by atoms with van der Waals surface area (Å²) in [6, 6.07) is 15.5. The van der Waals surface area contributed by atoms with Crippen LogP contribution in [-0.2, 0) is 0 Å². The lowest BCUT2D eigenvalue weighted by atomic mass is 9.89. The third-order valence-corrected chi connectivity index (χ3v) is 6.26. The standard InChI is InChI=1S/C25H23FN4O2/c1-16-23(18-7-9-20(26)10-8-18)24-27-21(15-22(31)30(24)28-16)17-11-13-29(14-12-17)25(32)19-5-3-2-4-6-19/h2-10,17H,11-15H2,1H3. The van der Waals surface area contributed by atoms with Crippen molar-refractivity contribution in [3.05, 3.63) is 71.7 Å². The molecule has 6 nitrogen and oxygen atoms in total. The third kappa shape index (κ3) is 3.64. The highest BCUT2D eigenvalue weighted by atomic mass is 19.1. The van der Waals surface area contributed by atoms with E-state index in [-0.39, 0.29) is 30.0 Å². The number of rotatable bonds is 3. The number of aliphatic imine (C=N–C) groups is 1. The smallest absolute Gasteiger partial charge is 0.254 e. The van der Waals surface area contributed by atoms with Gasteiger partial charge < -0.3 is 4.90 Å². The van der Waals surface area contributed by atoms with E-state index in [1.165, 1.54) is 16.8 Å². The van der Waals surface area contributed by atoms with Crippen LogP contribution in [0, 0.1) is 18.7 Å². The number of carbonyl (C=O) groups is 2. The number of hydrogen-bond donors (Lipinski definition) is 0. The Kier molecular flexibility index (Phi) is 5.17. The van der Waals surface area contributed by atoms with Crippen molar-refractivity contribution in [1.82, 2.24) is 14.7 Å². The van der Waals surface area contributed by atoms with Crippen LogP contribution >= 0.6 is 0 Å². The first-order chi connectivity index (χ1) is 15.5. The lowest BCUT2D eigenvalue weighted by Gasteiger charge is -2.33. The van der Waals surface area contributed by atoms with Crippen LogP contribution in [0.4, 0.5) is 10.2 Å². The van der Waals surface area contributed by atoms with Crippen molar-refractivity contribution in [2.75, 3.05) is 13.1 Å². The SMILES string of the molecule is Cc1nn2c(c1-c1ccc(F)cc1)N=C(C1CCN(C(=O)c3ccccc3)CC1)CC2=O.